The molecule has 0 saturated carbocycles. The minimum absolute atomic E-state index is 0.0862. The normalized spacial score (nSPS) is 15.9. The second kappa shape index (κ2) is 8.80. The lowest BCUT2D eigenvalue weighted by atomic mass is 9.87. The highest BCUT2D eigenvalue weighted by Crippen LogP contribution is 2.46. The molecule has 0 spiro atoms. The Morgan fingerprint density at radius 2 is 1.97 bits per heavy atom. The molecule has 0 radical (unpaired) electrons. The number of rotatable bonds is 4. The Labute approximate surface area is 216 Å². The lowest BCUT2D eigenvalue weighted by molar-refractivity contribution is 0.0547. The summed E-state index contributed by atoms with van der Waals surface area (Å²) in [6.45, 7) is 7.92. The van der Waals surface area contributed by atoms with Crippen LogP contribution in [0.5, 0.6) is 0 Å². The van der Waals surface area contributed by atoms with E-state index in [1.54, 1.807) is 11.3 Å². The molecule has 6 heterocycles. The van der Waals surface area contributed by atoms with Crippen LogP contribution in [0.2, 0.25) is 0 Å². The van der Waals surface area contributed by atoms with E-state index in [1.807, 2.05) is 37.1 Å². The van der Waals surface area contributed by atoms with Crippen molar-refractivity contribution in [1.29, 1.82) is 0 Å². The van der Waals surface area contributed by atoms with Crippen molar-refractivity contribution in [2.24, 2.45) is 13.0 Å². The van der Waals surface area contributed by atoms with E-state index in [1.165, 1.54) is 21.3 Å². The number of fused-ring (bicyclic) bond motifs is 3. The molecule has 1 unspecified atom stereocenters. The molecule has 0 amide bonds. The number of hydrogen-bond acceptors (Lipinski definition) is 6. The third kappa shape index (κ3) is 3.63. The van der Waals surface area contributed by atoms with Crippen molar-refractivity contribution in [3.63, 3.8) is 0 Å². The average Bonchev–Trinajstić information content (AvgIpc) is 3.46. The first kappa shape index (κ1) is 22.8. The molecule has 0 bridgehead atoms. The molecule has 5 aromatic rings. The fourth-order valence-corrected chi connectivity index (χ4v) is 7.24. The van der Waals surface area contributed by atoms with Crippen molar-refractivity contribution in [3.8, 4) is 11.3 Å². The fourth-order valence-electron chi connectivity index (χ4n) is 5.53. The maximum Gasteiger partial charge on any atom is 0.106 e. The Morgan fingerprint density at radius 3 is 2.69 bits per heavy atom. The van der Waals surface area contributed by atoms with Gasteiger partial charge < -0.3 is 9.30 Å². The second-order valence-electron chi connectivity index (χ2n) is 9.39. The van der Waals surface area contributed by atoms with E-state index in [2.05, 4.69) is 56.8 Å². The van der Waals surface area contributed by atoms with E-state index < -0.39 is 0 Å². The van der Waals surface area contributed by atoms with Crippen molar-refractivity contribution in [2.45, 2.75) is 39.7 Å². The van der Waals surface area contributed by atoms with Crippen molar-refractivity contribution in [3.05, 3.63) is 56.9 Å². The van der Waals surface area contributed by atoms with Gasteiger partial charge in [0.1, 0.15) is 5.52 Å². The zero-order valence-electron chi connectivity index (χ0n) is 20.2. The number of hydrogen-bond donors (Lipinski definition) is 0. The molecule has 1 aliphatic rings. The summed E-state index contributed by atoms with van der Waals surface area (Å²) in [5.74, 6) is 0.415. The summed E-state index contributed by atoms with van der Waals surface area (Å²) >= 11 is 5.57. The van der Waals surface area contributed by atoms with Gasteiger partial charge in [0.05, 0.1) is 42.6 Å². The number of ether oxygens (including phenoxy) is 1. The van der Waals surface area contributed by atoms with Gasteiger partial charge in [0.15, 0.2) is 0 Å². The molecule has 1 aliphatic heterocycles. The quantitative estimate of drug-likeness (QED) is 0.268. The predicted molar refractivity (Wildman–Crippen MR) is 143 cm³/mol. The van der Waals surface area contributed by atoms with Crippen LogP contribution in [0.15, 0.2) is 34.4 Å². The first-order chi connectivity index (χ1) is 17.0. The smallest absolute Gasteiger partial charge is 0.106 e. The van der Waals surface area contributed by atoms with Gasteiger partial charge >= 0.3 is 0 Å². The topological polar surface area (TPSA) is 70.7 Å². The van der Waals surface area contributed by atoms with E-state index >= 15 is 0 Å². The average molecular weight is 552 g/mol. The molecule has 35 heavy (non-hydrogen) atoms. The molecular weight excluding hydrogens is 524 g/mol. The fraction of sp³-hybridized carbons (Fsp3) is 0.385. The number of pyridine rings is 2. The second-order valence-corrected chi connectivity index (χ2v) is 11.7. The van der Waals surface area contributed by atoms with Gasteiger partial charge in [-0.25, -0.2) is 4.68 Å². The van der Waals surface area contributed by atoms with Crippen LogP contribution in [0.3, 0.4) is 0 Å². The van der Waals surface area contributed by atoms with Gasteiger partial charge in [-0.2, -0.15) is 0 Å². The Balaban J connectivity index is 1.70. The molecule has 180 valence electrons. The van der Waals surface area contributed by atoms with E-state index in [0.29, 0.717) is 5.92 Å². The number of aryl methyl sites for hydroxylation is 4. The van der Waals surface area contributed by atoms with E-state index in [9.17, 15) is 0 Å². The van der Waals surface area contributed by atoms with Gasteiger partial charge in [-0.15, -0.1) is 16.4 Å². The van der Waals surface area contributed by atoms with Crippen LogP contribution in [0, 0.1) is 26.7 Å². The number of aromatic nitrogens is 6. The maximum atomic E-state index is 5.77. The largest absolute Gasteiger partial charge is 0.381 e. The van der Waals surface area contributed by atoms with E-state index in [0.717, 1.165) is 63.5 Å². The summed E-state index contributed by atoms with van der Waals surface area (Å²) in [4.78, 5) is 9.97. The van der Waals surface area contributed by atoms with Crippen LogP contribution < -0.4 is 0 Å². The molecule has 6 rings (SSSR count). The minimum atomic E-state index is 0.0862. The molecule has 1 fully saturated rings. The number of nitrogens with zero attached hydrogens (tertiary/aromatic N) is 6. The Kier molecular flexibility index (Phi) is 5.74. The Bertz CT molecular complexity index is 1540. The third-order valence-corrected chi connectivity index (χ3v) is 9.39. The highest BCUT2D eigenvalue weighted by Gasteiger charge is 2.33. The number of thiophene rings is 1. The van der Waals surface area contributed by atoms with E-state index in [4.69, 9.17) is 14.7 Å². The minimum Gasteiger partial charge on any atom is -0.381 e. The number of halogens is 1. The van der Waals surface area contributed by atoms with Crippen LogP contribution in [0.25, 0.3) is 32.5 Å². The highest BCUT2D eigenvalue weighted by atomic mass is 79.9. The zero-order chi connectivity index (χ0) is 24.3. The molecule has 5 aromatic heterocycles. The Morgan fingerprint density at radius 1 is 1.17 bits per heavy atom. The lowest BCUT2D eigenvalue weighted by Gasteiger charge is -2.33. The molecular formula is C26H27BrN6OS. The summed E-state index contributed by atoms with van der Waals surface area (Å²) in [6, 6.07) is 6.54. The summed E-state index contributed by atoms with van der Waals surface area (Å²) in [5, 5.41) is 8.50. The van der Waals surface area contributed by atoms with Crippen LogP contribution >= 0.6 is 27.3 Å². The van der Waals surface area contributed by atoms with Crippen molar-refractivity contribution < 1.29 is 4.74 Å². The summed E-state index contributed by atoms with van der Waals surface area (Å²) in [6.07, 6.45) is 5.88. The van der Waals surface area contributed by atoms with Crippen LogP contribution in [0.1, 0.15) is 41.4 Å². The first-order valence-corrected chi connectivity index (χ1v) is 13.5. The summed E-state index contributed by atoms with van der Waals surface area (Å²) in [7, 11) is 1.93. The van der Waals surface area contributed by atoms with Crippen LogP contribution in [-0.2, 0) is 11.8 Å². The molecule has 0 aromatic carbocycles. The third-order valence-electron chi connectivity index (χ3n) is 7.23. The van der Waals surface area contributed by atoms with Gasteiger partial charge in [0.25, 0.3) is 0 Å². The molecule has 9 heteroatoms. The van der Waals surface area contributed by atoms with Crippen LogP contribution in [-0.4, -0.2) is 42.7 Å². The molecule has 1 saturated heterocycles. The monoisotopic (exact) mass is 550 g/mol. The van der Waals surface area contributed by atoms with Crippen molar-refractivity contribution in [2.75, 3.05) is 13.2 Å². The first-order valence-electron chi connectivity index (χ1n) is 11.9. The van der Waals surface area contributed by atoms with Gasteiger partial charge in [0, 0.05) is 38.2 Å². The van der Waals surface area contributed by atoms with Crippen LogP contribution in [0.4, 0.5) is 0 Å². The standard InChI is InChI=1S/C26H27BrN6OS/c1-14-6-5-9-28-20(14)24(17-7-10-34-11-8-17)33-19-12-18(23-16(3)30-31-32(23)4)13-29-21(19)25-22(33)15(2)26(27)35-25/h5-6,9,12-13,17,24H,7-8,10-11H2,1-4H3. The lowest BCUT2D eigenvalue weighted by Crippen LogP contribution is -2.28. The Hall–Kier alpha value is -2.62. The van der Waals surface area contributed by atoms with Crippen molar-refractivity contribution >= 4 is 48.5 Å². The summed E-state index contributed by atoms with van der Waals surface area (Å²) in [5.41, 5.74) is 9.89. The predicted octanol–water partition coefficient (Wildman–Crippen LogP) is 6.15. The zero-order valence-corrected chi connectivity index (χ0v) is 22.7. The molecule has 1 atom stereocenters. The maximum absolute atomic E-state index is 5.77. The van der Waals surface area contributed by atoms with Gasteiger partial charge in [-0.1, -0.05) is 11.3 Å². The summed E-state index contributed by atoms with van der Waals surface area (Å²) < 4.78 is 12.5. The van der Waals surface area contributed by atoms with Gasteiger partial charge in [-0.3, -0.25) is 9.97 Å². The molecule has 0 aliphatic carbocycles. The SMILES string of the molecule is Cc1cccnc1C(C1CCOCC1)n1c2cc(-c3c(C)nnn3C)cnc2c2sc(Br)c(C)c21. The highest BCUT2D eigenvalue weighted by molar-refractivity contribution is 9.11. The molecule has 0 N–H and O–H groups in total. The van der Waals surface area contributed by atoms with Gasteiger partial charge in [-0.05, 0) is 78.7 Å². The van der Waals surface area contributed by atoms with Crippen molar-refractivity contribution in [1.82, 2.24) is 29.5 Å². The van der Waals surface area contributed by atoms with Gasteiger partial charge in [0.2, 0.25) is 0 Å². The molecule has 7 nitrogen and oxygen atoms in total. The van der Waals surface area contributed by atoms with E-state index in [-0.39, 0.29) is 6.04 Å².